The van der Waals surface area contributed by atoms with Crippen LogP contribution in [0.15, 0.2) is 59.0 Å². The molecule has 1 unspecified atom stereocenters. The predicted molar refractivity (Wildman–Crippen MR) is 97.3 cm³/mol. The van der Waals surface area contributed by atoms with Gasteiger partial charge in [0.25, 0.3) is 0 Å². The van der Waals surface area contributed by atoms with Crippen molar-refractivity contribution < 1.29 is 22.4 Å². The van der Waals surface area contributed by atoms with Crippen molar-refractivity contribution in [1.82, 2.24) is 5.32 Å². The average molecular weight is 375 g/mol. The first-order chi connectivity index (χ1) is 12.8. The van der Waals surface area contributed by atoms with Gasteiger partial charge in [-0.1, -0.05) is 30.3 Å². The molecule has 0 bridgehead atoms. The second-order valence-corrected chi connectivity index (χ2v) is 6.62. The molecule has 1 aromatic heterocycles. The molecule has 0 saturated heterocycles. The second-order valence-electron chi connectivity index (χ2n) is 6.62. The molecule has 1 N–H and O–H groups in total. The van der Waals surface area contributed by atoms with Crippen LogP contribution in [-0.4, -0.2) is 11.9 Å². The Morgan fingerprint density at radius 1 is 1.11 bits per heavy atom. The van der Waals surface area contributed by atoms with Crippen molar-refractivity contribution in [3.8, 4) is 0 Å². The highest BCUT2D eigenvalue weighted by molar-refractivity contribution is 5.78. The van der Waals surface area contributed by atoms with E-state index in [9.17, 15) is 18.0 Å². The molecule has 0 aliphatic heterocycles. The Morgan fingerprint density at radius 2 is 1.81 bits per heavy atom. The first-order valence-electron chi connectivity index (χ1n) is 8.74. The number of halogens is 3. The van der Waals surface area contributed by atoms with Crippen LogP contribution >= 0.6 is 0 Å². The van der Waals surface area contributed by atoms with Gasteiger partial charge in [0, 0.05) is 24.3 Å². The molecule has 1 amide bonds. The van der Waals surface area contributed by atoms with Crippen molar-refractivity contribution in [1.29, 1.82) is 0 Å². The fourth-order valence-corrected chi connectivity index (χ4v) is 2.96. The van der Waals surface area contributed by atoms with Crippen molar-refractivity contribution in [2.24, 2.45) is 0 Å². The van der Waals surface area contributed by atoms with E-state index in [1.54, 1.807) is 0 Å². The smallest absolute Gasteiger partial charge is 0.416 e. The molecule has 0 radical (unpaired) electrons. The lowest BCUT2D eigenvalue weighted by molar-refractivity contribution is -0.137. The highest BCUT2D eigenvalue weighted by atomic mass is 19.4. The number of para-hydroxylation sites is 1. The third-order valence-electron chi connectivity index (χ3n) is 4.31. The SMILES string of the molecule is CC(Cc1cc2ccccc2o1)NC(=O)CCc1ccc(C(F)(F)F)cc1. The van der Waals surface area contributed by atoms with E-state index in [1.165, 1.54) is 12.1 Å². The van der Waals surface area contributed by atoms with Gasteiger partial charge in [-0.3, -0.25) is 4.79 Å². The van der Waals surface area contributed by atoms with Crippen molar-refractivity contribution in [2.45, 2.75) is 38.4 Å². The molecule has 2 aromatic carbocycles. The van der Waals surface area contributed by atoms with E-state index in [2.05, 4.69) is 5.32 Å². The molecule has 142 valence electrons. The number of alkyl halides is 3. The van der Waals surface area contributed by atoms with Crippen LogP contribution in [-0.2, 0) is 23.8 Å². The summed E-state index contributed by atoms with van der Waals surface area (Å²) in [5.41, 5.74) is 0.826. The molecular weight excluding hydrogens is 355 g/mol. The lowest BCUT2D eigenvalue weighted by atomic mass is 10.1. The van der Waals surface area contributed by atoms with E-state index >= 15 is 0 Å². The van der Waals surface area contributed by atoms with Crippen LogP contribution in [0.3, 0.4) is 0 Å². The maximum absolute atomic E-state index is 12.6. The number of rotatable bonds is 6. The summed E-state index contributed by atoms with van der Waals surface area (Å²) in [6.07, 6.45) is -3.17. The van der Waals surface area contributed by atoms with Gasteiger partial charge in [0.05, 0.1) is 5.56 Å². The van der Waals surface area contributed by atoms with Crippen LogP contribution in [0, 0.1) is 0 Å². The largest absolute Gasteiger partial charge is 0.461 e. The zero-order valence-electron chi connectivity index (χ0n) is 14.8. The lowest BCUT2D eigenvalue weighted by Crippen LogP contribution is -2.34. The average Bonchev–Trinajstić information content (AvgIpc) is 3.01. The molecule has 3 rings (SSSR count). The Labute approximate surface area is 155 Å². The van der Waals surface area contributed by atoms with Crippen LogP contribution in [0.5, 0.6) is 0 Å². The van der Waals surface area contributed by atoms with Gasteiger partial charge in [0.15, 0.2) is 0 Å². The maximum Gasteiger partial charge on any atom is 0.416 e. The Kier molecular flexibility index (Phi) is 5.54. The molecule has 0 aliphatic carbocycles. The topological polar surface area (TPSA) is 42.2 Å². The summed E-state index contributed by atoms with van der Waals surface area (Å²) in [7, 11) is 0. The third-order valence-corrected chi connectivity index (χ3v) is 4.31. The van der Waals surface area contributed by atoms with E-state index in [0.29, 0.717) is 18.4 Å². The number of hydrogen-bond donors (Lipinski definition) is 1. The van der Waals surface area contributed by atoms with Gasteiger partial charge in [-0.15, -0.1) is 0 Å². The van der Waals surface area contributed by atoms with Gasteiger partial charge < -0.3 is 9.73 Å². The van der Waals surface area contributed by atoms with Crippen molar-refractivity contribution in [3.05, 3.63) is 71.5 Å². The Balaban J connectivity index is 1.48. The first kappa shape index (κ1) is 19.0. The van der Waals surface area contributed by atoms with Crippen LogP contribution < -0.4 is 5.32 Å². The zero-order valence-corrected chi connectivity index (χ0v) is 14.8. The number of fused-ring (bicyclic) bond motifs is 1. The van der Waals surface area contributed by atoms with Gasteiger partial charge in [-0.2, -0.15) is 13.2 Å². The van der Waals surface area contributed by atoms with Gasteiger partial charge in [0.2, 0.25) is 5.91 Å². The lowest BCUT2D eigenvalue weighted by Gasteiger charge is -2.12. The predicted octanol–water partition coefficient (Wildman–Crippen LogP) is 5.13. The summed E-state index contributed by atoms with van der Waals surface area (Å²) in [6.45, 7) is 1.89. The fourth-order valence-electron chi connectivity index (χ4n) is 2.96. The summed E-state index contributed by atoms with van der Waals surface area (Å²) in [6, 6.07) is 14.5. The van der Waals surface area contributed by atoms with E-state index in [1.807, 2.05) is 37.3 Å². The molecule has 0 spiro atoms. The normalized spacial score (nSPS) is 12.9. The number of carbonyl (C=O) groups excluding carboxylic acids is 1. The first-order valence-corrected chi connectivity index (χ1v) is 8.74. The zero-order chi connectivity index (χ0) is 19.4. The fraction of sp³-hybridized carbons (Fsp3) is 0.286. The summed E-state index contributed by atoms with van der Waals surface area (Å²) >= 11 is 0. The molecule has 3 aromatic rings. The summed E-state index contributed by atoms with van der Waals surface area (Å²) in [5, 5.41) is 3.92. The van der Waals surface area contributed by atoms with E-state index < -0.39 is 11.7 Å². The molecule has 1 heterocycles. The number of furan rings is 1. The van der Waals surface area contributed by atoms with E-state index in [-0.39, 0.29) is 18.4 Å². The molecule has 0 saturated carbocycles. The number of benzene rings is 2. The quantitative estimate of drug-likeness (QED) is 0.649. The molecule has 0 aliphatic rings. The van der Waals surface area contributed by atoms with Crippen LogP contribution in [0.4, 0.5) is 13.2 Å². The second kappa shape index (κ2) is 7.86. The standard InChI is InChI=1S/C21H20F3NO2/c1-14(12-18-13-16-4-2-3-5-19(16)27-18)25-20(26)11-8-15-6-9-17(10-7-15)21(22,23)24/h2-7,9-10,13-14H,8,11-12H2,1H3,(H,25,26). The Morgan fingerprint density at radius 3 is 2.48 bits per heavy atom. The van der Waals surface area contributed by atoms with Crippen molar-refractivity contribution in [3.63, 3.8) is 0 Å². The van der Waals surface area contributed by atoms with E-state index in [0.717, 1.165) is 28.9 Å². The van der Waals surface area contributed by atoms with Gasteiger partial charge in [-0.05, 0) is 43.2 Å². The molecule has 3 nitrogen and oxygen atoms in total. The third kappa shape index (κ3) is 5.12. The van der Waals surface area contributed by atoms with Crippen LogP contribution in [0.25, 0.3) is 11.0 Å². The number of carbonyl (C=O) groups is 1. The van der Waals surface area contributed by atoms with E-state index in [4.69, 9.17) is 4.42 Å². The highest BCUT2D eigenvalue weighted by Crippen LogP contribution is 2.29. The Hall–Kier alpha value is -2.76. The molecular formula is C21H20F3NO2. The van der Waals surface area contributed by atoms with Crippen LogP contribution in [0.1, 0.15) is 30.2 Å². The summed E-state index contributed by atoms with van der Waals surface area (Å²) in [4.78, 5) is 12.1. The highest BCUT2D eigenvalue weighted by Gasteiger charge is 2.29. The van der Waals surface area contributed by atoms with Crippen molar-refractivity contribution in [2.75, 3.05) is 0 Å². The Bertz CT molecular complexity index is 880. The number of amides is 1. The van der Waals surface area contributed by atoms with Gasteiger partial charge in [-0.25, -0.2) is 0 Å². The molecule has 1 atom stereocenters. The van der Waals surface area contributed by atoms with Crippen LogP contribution in [0.2, 0.25) is 0 Å². The molecule has 0 fully saturated rings. The summed E-state index contributed by atoms with van der Waals surface area (Å²) < 4.78 is 43.4. The summed E-state index contributed by atoms with van der Waals surface area (Å²) in [5.74, 6) is 0.658. The number of aryl methyl sites for hydroxylation is 1. The number of nitrogens with one attached hydrogen (secondary N) is 1. The molecule has 6 heteroatoms. The minimum Gasteiger partial charge on any atom is -0.461 e. The van der Waals surface area contributed by atoms with Gasteiger partial charge >= 0.3 is 6.18 Å². The van der Waals surface area contributed by atoms with Gasteiger partial charge in [0.1, 0.15) is 11.3 Å². The monoisotopic (exact) mass is 375 g/mol. The minimum absolute atomic E-state index is 0.106. The minimum atomic E-state index is -4.35. The molecule has 27 heavy (non-hydrogen) atoms. The maximum atomic E-state index is 12.6. The number of hydrogen-bond acceptors (Lipinski definition) is 2. The van der Waals surface area contributed by atoms with Crippen molar-refractivity contribution >= 4 is 16.9 Å².